The van der Waals surface area contributed by atoms with Gasteiger partial charge >= 0.3 is 0 Å². The topological polar surface area (TPSA) is 52.0 Å². The van der Waals surface area contributed by atoms with Gasteiger partial charge in [-0.25, -0.2) is 4.68 Å². The maximum atomic E-state index is 4.93. The van der Waals surface area contributed by atoms with Crippen LogP contribution in [0.3, 0.4) is 0 Å². The zero-order valence-electron chi connectivity index (χ0n) is 8.16. The minimum Gasteiger partial charge on any atom is -0.383 e. The van der Waals surface area contributed by atoms with E-state index in [1.54, 1.807) is 11.8 Å². The molecule has 0 aliphatic heterocycles. The summed E-state index contributed by atoms with van der Waals surface area (Å²) in [7, 11) is 1.68. The Bertz CT molecular complexity index is 213. The lowest BCUT2D eigenvalue weighted by atomic mass is 10.4. The second-order valence-corrected chi connectivity index (χ2v) is 2.75. The van der Waals surface area contributed by atoms with Crippen LogP contribution in [0.1, 0.15) is 12.6 Å². The predicted molar refractivity (Wildman–Crippen MR) is 49.3 cm³/mol. The molecule has 1 aromatic rings. The quantitative estimate of drug-likeness (QED) is 0.678. The molecule has 0 saturated heterocycles. The van der Waals surface area contributed by atoms with Crippen molar-refractivity contribution in [2.75, 3.05) is 20.3 Å². The van der Waals surface area contributed by atoms with Gasteiger partial charge in [-0.3, -0.25) is 0 Å². The van der Waals surface area contributed by atoms with E-state index in [4.69, 9.17) is 4.74 Å². The van der Waals surface area contributed by atoms with Gasteiger partial charge < -0.3 is 10.1 Å². The lowest BCUT2D eigenvalue weighted by Gasteiger charge is -1.97. The fourth-order valence-electron chi connectivity index (χ4n) is 0.967. The third kappa shape index (κ3) is 3.52. The second kappa shape index (κ2) is 5.66. The van der Waals surface area contributed by atoms with Gasteiger partial charge in [0.25, 0.3) is 0 Å². The molecule has 0 fully saturated rings. The Balaban J connectivity index is 2.34. The van der Waals surface area contributed by atoms with Gasteiger partial charge in [-0.15, -0.1) is 5.10 Å². The van der Waals surface area contributed by atoms with Crippen LogP contribution in [0.2, 0.25) is 0 Å². The zero-order chi connectivity index (χ0) is 9.52. The molecule has 5 heteroatoms. The summed E-state index contributed by atoms with van der Waals surface area (Å²) in [4.78, 5) is 0. The first kappa shape index (κ1) is 10.1. The van der Waals surface area contributed by atoms with Crippen LogP contribution in [0.5, 0.6) is 0 Å². The Morgan fingerprint density at radius 3 is 3.15 bits per heavy atom. The predicted octanol–water partition coefficient (Wildman–Crippen LogP) is 0.0340. The van der Waals surface area contributed by atoms with Crippen molar-refractivity contribution in [1.82, 2.24) is 20.3 Å². The summed E-state index contributed by atoms with van der Waals surface area (Å²) in [6.45, 7) is 5.23. The largest absolute Gasteiger partial charge is 0.383 e. The number of nitrogens with zero attached hydrogens (tertiary/aromatic N) is 3. The van der Waals surface area contributed by atoms with Crippen molar-refractivity contribution in [1.29, 1.82) is 0 Å². The molecule has 0 aromatic carbocycles. The number of nitrogens with one attached hydrogen (secondary N) is 1. The Hall–Kier alpha value is -0.940. The van der Waals surface area contributed by atoms with Crippen LogP contribution in [-0.4, -0.2) is 35.3 Å². The highest BCUT2D eigenvalue weighted by Gasteiger charge is 1.98. The lowest BCUT2D eigenvalue weighted by molar-refractivity contribution is 0.183. The van der Waals surface area contributed by atoms with Crippen molar-refractivity contribution in [3.63, 3.8) is 0 Å². The molecule has 0 aliphatic rings. The van der Waals surface area contributed by atoms with Crippen LogP contribution in [0.4, 0.5) is 0 Å². The smallest absolute Gasteiger partial charge is 0.0964 e. The molecular weight excluding hydrogens is 168 g/mol. The van der Waals surface area contributed by atoms with Gasteiger partial charge in [0.2, 0.25) is 0 Å². The summed E-state index contributed by atoms with van der Waals surface area (Å²) in [5.41, 5.74) is 0.970. The van der Waals surface area contributed by atoms with E-state index in [9.17, 15) is 0 Å². The molecule has 0 saturated carbocycles. The molecule has 1 heterocycles. The third-order valence-electron chi connectivity index (χ3n) is 1.67. The normalized spacial score (nSPS) is 10.6. The summed E-state index contributed by atoms with van der Waals surface area (Å²) < 4.78 is 6.72. The van der Waals surface area contributed by atoms with Crippen LogP contribution < -0.4 is 5.32 Å². The Morgan fingerprint density at radius 2 is 2.46 bits per heavy atom. The molecule has 0 aliphatic carbocycles. The third-order valence-corrected chi connectivity index (χ3v) is 1.67. The number of hydrogen-bond donors (Lipinski definition) is 1. The molecule has 0 radical (unpaired) electrons. The Morgan fingerprint density at radius 1 is 1.62 bits per heavy atom. The molecule has 0 bridgehead atoms. The first-order chi connectivity index (χ1) is 6.36. The molecular formula is C8H16N4O. The monoisotopic (exact) mass is 184 g/mol. The first-order valence-corrected chi connectivity index (χ1v) is 4.45. The van der Waals surface area contributed by atoms with Gasteiger partial charge in [-0.2, -0.15) is 0 Å². The van der Waals surface area contributed by atoms with E-state index >= 15 is 0 Å². The van der Waals surface area contributed by atoms with Gasteiger partial charge in [0.15, 0.2) is 0 Å². The van der Waals surface area contributed by atoms with Crippen molar-refractivity contribution in [2.24, 2.45) is 0 Å². The maximum absolute atomic E-state index is 4.93. The highest BCUT2D eigenvalue weighted by Crippen LogP contribution is 1.92. The van der Waals surface area contributed by atoms with Crippen LogP contribution in [0.25, 0.3) is 0 Å². The highest BCUT2D eigenvalue weighted by atomic mass is 16.5. The van der Waals surface area contributed by atoms with E-state index in [-0.39, 0.29) is 0 Å². The molecule has 0 amide bonds. The van der Waals surface area contributed by atoms with Gasteiger partial charge in [-0.1, -0.05) is 12.1 Å². The Labute approximate surface area is 78.1 Å². The maximum Gasteiger partial charge on any atom is 0.0964 e. The van der Waals surface area contributed by atoms with Gasteiger partial charge in [0, 0.05) is 19.9 Å². The standard InChI is InChI=1S/C8H16N4O/c1-3-9-6-8-7-12(11-10-8)4-5-13-2/h7,9H,3-6H2,1-2H3. The van der Waals surface area contributed by atoms with Crippen LogP contribution in [-0.2, 0) is 17.8 Å². The molecule has 1 N–H and O–H groups in total. The second-order valence-electron chi connectivity index (χ2n) is 2.75. The van der Waals surface area contributed by atoms with Gasteiger partial charge in [0.1, 0.15) is 0 Å². The number of hydrogen-bond acceptors (Lipinski definition) is 4. The van der Waals surface area contributed by atoms with E-state index < -0.39 is 0 Å². The van der Waals surface area contributed by atoms with E-state index in [0.29, 0.717) is 6.61 Å². The number of aromatic nitrogens is 3. The van der Waals surface area contributed by atoms with E-state index in [2.05, 4.69) is 22.6 Å². The summed E-state index contributed by atoms with van der Waals surface area (Å²) >= 11 is 0. The van der Waals surface area contributed by atoms with Crippen LogP contribution >= 0.6 is 0 Å². The molecule has 1 aromatic heterocycles. The minimum atomic E-state index is 0.671. The molecule has 5 nitrogen and oxygen atoms in total. The Kier molecular flexibility index (Phi) is 4.42. The van der Waals surface area contributed by atoms with E-state index in [1.807, 2.05) is 6.20 Å². The average Bonchev–Trinajstić information content (AvgIpc) is 2.59. The first-order valence-electron chi connectivity index (χ1n) is 4.45. The van der Waals surface area contributed by atoms with Gasteiger partial charge in [-0.05, 0) is 6.54 Å². The number of rotatable bonds is 6. The molecule has 0 spiro atoms. The lowest BCUT2D eigenvalue weighted by Crippen LogP contribution is -2.11. The van der Waals surface area contributed by atoms with Crippen molar-refractivity contribution in [3.05, 3.63) is 11.9 Å². The van der Waals surface area contributed by atoms with Crippen LogP contribution in [0.15, 0.2) is 6.20 Å². The fourth-order valence-corrected chi connectivity index (χ4v) is 0.967. The van der Waals surface area contributed by atoms with Crippen molar-refractivity contribution in [2.45, 2.75) is 20.0 Å². The fraction of sp³-hybridized carbons (Fsp3) is 0.750. The SMILES string of the molecule is CCNCc1cn(CCOC)nn1. The zero-order valence-corrected chi connectivity index (χ0v) is 8.16. The molecule has 1 rings (SSSR count). The molecule has 0 atom stereocenters. The molecule has 13 heavy (non-hydrogen) atoms. The summed E-state index contributed by atoms with van der Waals surface area (Å²) in [6, 6.07) is 0. The average molecular weight is 184 g/mol. The van der Waals surface area contributed by atoms with E-state index in [1.165, 1.54) is 0 Å². The summed E-state index contributed by atoms with van der Waals surface area (Å²) in [6.07, 6.45) is 1.93. The van der Waals surface area contributed by atoms with Gasteiger partial charge in [0.05, 0.1) is 18.8 Å². The summed E-state index contributed by atoms with van der Waals surface area (Å²) in [5.74, 6) is 0. The molecule has 74 valence electrons. The van der Waals surface area contributed by atoms with Crippen molar-refractivity contribution >= 4 is 0 Å². The van der Waals surface area contributed by atoms with E-state index in [0.717, 1.165) is 25.3 Å². The van der Waals surface area contributed by atoms with Crippen LogP contribution in [0, 0.1) is 0 Å². The number of ether oxygens (including phenoxy) is 1. The summed E-state index contributed by atoms with van der Waals surface area (Å²) in [5, 5.41) is 11.1. The highest BCUT2D eigenvalue weighted by molar-refractivity contribution is 4.91. The molecule has 0 unspecified atom stereocenters. The van der Waals surface area contributed by atoms with Crippen molar-refractivity contribution < 1.29 is 4.74 Å². The minimum absolute atomic E-state index is 0.671. The number of methoxy groups -OCH3 is 1. The van der Waals surface area contributed by atoms with Crippen molar-refractivity contribution in [3.8, 4) is 0 Å².